The van der Waals surface area contributed by atoms with E-state index >= 15 is 0 Å². The molecular weight excluding hydrogens is 221 g/mol. The molecular formula is C12H12FN3O. The van der Waals surface area contributed by atoms with Gasteiger partial charge in [-0.25, -0.2) is 4.39 Å². The van der Waals surface area contributed by atoms with Crippen LogP contribution in [0.5, 0.6) is 0 Å². The number of rotatable bonds is 2. The molecule has 0 bridgehead atoms. The third-order valence-corrected chi connectivity index (χ3v) is 2.93. The summed E-state index contributed by atoms with van der Waals surface area (Å²) in [5, 5.41) is 7.13. The number of nitrogens with zero attached hydrogens (tertiary/aromatic N) is 2. The first-order valence-corrected chi connectivity index (χ1v) is 5.63. The largest absolute Gasteiger partial charge is 0.339 e. The molecule has 88 valence electrons. The lowest BCUT2D eigenvalue weighted by atomic mass is 10.1. The molecule has 1 atom stereocenters. The van der Waals surface area contributed by atoms with Crippen LogP contribution in [0.4, 0.5) is 4.39 Å². The molecule has 1 aliphatic heterocycles. The Kier molecular flexibility index (Phi) is 2.60. The molecule has 1 aromatic carbocycles. The van der Waals surface area contributed by atoms with E-state index in [-0.39, 0.29) is 11.7 Å². The molecule has 1 unspecified atom stereocenters. The maximum absolute atomic E-state index is 13.1. The summed E-state index contributed by atoms with van der Waals surface area (Å²) in [5.74, 6) is 1.07. The summed E-state index contributed by atoms with van der Waals surface area (Å²) in [6, 6.07) is 6.20. The Hall–Kier alpha value is -1.75. The van der Waals surface area contributed by atoms with E-state index in [1.165, 1.54) is 12.1 Å². The summed E-state index contributed by atoms with van der Waals surface area (Å²) < 4.78 is 18.3. The Morgan fingerprint density at radius 1 is 1.41 bits per heavy atom. The molecule has 5 heteroatoms. The van der Waals surface area contributed by atoms with Gasteiger partial charge in [-0.2, -0.15) is 4.98 Å². The fourth-order valence-electron chi connectivity index (χ4n) is 2.01. The molecule has 17 heavy (non-hydrogen) atoms. The SMILES string of the molecule is Fc1cccc(-c2noc(C3CCNC3)n2)c1. The van der Waals surface area contributed by atoms with Gasteiger partial charge in [-0.3, -0.25) is 0 Å². The van der Waals surface area contributed by atoms with Gasteiger partial charge in [0.15, 0.2) is 0 Å². The van der Waals surface area contributed by atoms with E-state index in [4.69, 9.17) is 4.52 Å². The lowest BCUT2D eigenvalue weighted by molar-refractivity contribution is 0.359. The number of nitrogens with one attached hydrogen (secondary N) is 1. The van der Waals surface area contributed by atoms with Crippen molar-refractivity contribution >= 4 is 0 Å². The average Bonchev–Trinajstić information content (AvgIpc) is 3.00. The number of hydrogen-bond donors (Lipinski definition) is 1. The summed E-state index contributed by atoms with van der Waals surface area (Å²) in [4.78, 5) is 4.32. The zero-order chi connectivity index (χ0) is 11.7. The quantitative estimate of drug-likeness (QED) is 0.861. The molecule has 1 aliphatic rings. The molecule has 0 aliphatic carbocycles. The maximum atomic E-state index is 13.1. The smallest absolute Gasteiger partial charge is 0.231 e. The summed E-state index contributed by atoms with van der Waals surface area (Å²) >= 11 is 0. The Labute approximate surface area is 97.8 Å². The molecule has 2 aromatic rings. The van der Waals surface area contributed by atoms with Crippen LogP contribution in [0.15, 0.2) is 28.8 Å². The number of hydrogen-bond acceptors (Lipinski definition) is 4. The molecule has 2 heterocycles. The van der Waals surface area contributed by atoms with E-state index in [9.17, 15) is 4.39 Å². The first-order valence-electron chi connectivity index (χ1n) is 5.63. The third kappa shape index (κ3) is 2.06. The number of aromatic nitrogens is 2. The van der Waals surface area contributed by atoms with Crippen LogP contribution in [0, 0.1) is 5.82 Å². The van der Waals surface area contributed by atoms with Crippen molar-refractivity contribution in [2.45, 2.75) is 12.3 Å². The third-order valence-electron chi connectivity index (χ3n) is 2.93. The molecule has 1 aromatic heterocycles. The molecule has 4 nitrogen and oxygen atoms in total. The van der Waals surface area contributed by atoms with E-state index in [1.807, 2.05) is 0 Å². The molecule has 0 spiro atoms. The minimum absolute atomic E-state index is 0.282. The van der Waals surface area contributed by atoms with Crippen molar-refractivity contribution in [2.75, 3.05) is 13.1 Å². The van der Waals surface area contributed by atoms with Gasteiger partial charge >= 0.3 is 0 Å². The van der Waals surface area contributed by atoms with E-state index in [1.54, 1.807) is 12.1 Å². The van der Waals surface area contributed by atoms with E-state index in [0.29, 0.717) is 17.3 Å². The van der Waals surface area contributed by atoms with Crippen LogP contribution in [0.1, 0.15) is 18.2 Å². The minimum Gasteiger partial charge on any atom is -0.339 e. The van der Waals surface area contributed by atoms with Crippen molar-refractivity contribution in [3.8, 4) is 11.4 Å². The van der Waals surface area contributed by atoms with Crippen LogP contribution in [-0.4, -0.2) is 23.2 Å². The highest BCUT2D eigenvalue weighted by atomic mass is 19.1. The lowest BCUT2D eigenvalue weighted by Crippen LogP contribution is -2.08. The predicted molar refractivity (Wildman–Crippen MR) is 59.9 cm³/mol. The van der Waals surface area contributed by atoms with Gasteiger partial charge in [0, 0.05) is 12.1 Å². The van der Waals surface area contributed by atoms with E-state index in [0.717, 1.165) is 19.5 Å². The van der Waals surface area contributed by atoms with Crippen molar-refractivity contribution < 1.29 is 8.91 Å². The number of halogens is 1. The molecule has 0 amide bonds. The van der Waals surface area contributed by atoms with Gasteiger partial charge in [0.25, 0.3) is 0 Å². The second-order valence-electron chi connectivity index (χ2n) is 4.16. The summed E-state index contributed by atoms with van der Waals surface area (Å²) in [5.41, 5.74) is 0.644. The molecule has 0 radical (unpaired) electrons. The second kappa shape index (κ2) is 4.25. The maximum Gasteiger partial charge on any atom is 0.231 e. The van der Waals surface area contributed by atoms with Crippen molar-refractivity contribution in [3.05, 3.63) is 36.0 Å². The number of benzene rings is 1. The van der Waals surface area contributed by atoms with Gasteiger partial charge in [-0.15, -0.1) is 0 Å². The Balaban J connectivity index is 1.89. The first-order chi connectivity index (χ1) is 8.33. The first kappa shape index (κ1) is 10.4. The summed E-state index contributed by atoms with van der Waals surface area (Å²) in [6.07, 6.45) is 1.00. The van der Waals surface area contributed by atoms with Gasteiger partial charge in [0.1, 0.15) is 5.82 Å². The minimum atomic E-state index is -0.295. The predicted octanol–water partition coefficient (Wildman–Crippen LogP) is 1.95. The van der Waals surface area contributed by atoms with Crippen LogP contribution in [0.3, 0.4) is 0 Å². The van der Waals surface area contributed by atoms with Crippen molar-refractivity contribution in [2.24, 2.45) is 0 Å². The van der Waals surface area contributed by atoms with Crippen LogP contribution in [-0.2, 0) is 0 Å². The van der Waals surface area contributed by atoms with Gasteiger partial charge in [0.2, 0.25) is 11.7 Å². The van der Waals surface area contributed by atoms with Gasteiger partial charge in [-0.05, 0) is 25.1 Å². The van der Waals surface area contributed by atoms with Gasteiger partial charge in [0.05, 0.1) is 5.92 Å². The highest BCUT2D eigenvalue weighted by molar-refractivity contribution is 5.53. The zero-order valence-corrected chi connectivity index (χ0v) is 9.19. The van der Waals surface area contributed by atoms with Crippen molar-refractivity contribution in [1.29, 1.82) is 0 Å². The topological polar surface area (TPSA) is 51.0 Å². The Morgan fingerprint density at radius 2 is 2.35 bits per heavy atom. The van der Waals surface area contributed by atoms with E-state index < -0.39 is 0 Å². The average molecular weight is 233 g/mol. The summed E-state index contributed by atoms with van der Waals surface area (Å²) in [6.45, 7) is 1.84. The van der Waals surface area contributed by atoms with Crippen LogP contribution in [0.25, 0.3) is 11.4 Å². The molecule has 1 saturated heterocycles. The molecule has 1 fully saturated rings. The Morgan fingerprint density at radius 3 is 3.12 bits per heavy atom. The fraction of sp³-hybridized carbons (Fsp3) is 0.333. The Bertz CT molecular complexity index is 520. The molecule has 1 N–H and O–H groups in total. The lowest BCUT2D eigenvalue weighted by Gasteiger charge is -1.98. The van der Waals surface area contributed by atoms with E-state index in [2.05, 4.69) is 15.5 Å². The zero-order valence-electron chi connectivity index (χ0n) is 9.19. The standard InChI is InChI=1S/C12H12FN3O/c13-10-3-1-2-8(6-10)11-15-12(17-16-11)9-4-5-14-7-9/h1-3,6,9,14H,4-5,7H2. The summed E-state index contributed by atoms with van der Waals surface area (Å²) in [7, 11) is 0. The normalized spacial score (nSPS) is 19.7. The van der Waals surface area contributed by atoms with Crippen LogP contribution >= 0.6 is 0 Å². The highest BCUT2D eigenvalue weighted by Crippen LogP contribution is 2.23. The van der Waals surface area contributed by atoms with Gasteiger partial charge in [-0.1, -0.05) is 17.3 Å². The monoisotopic (exact) mass is 233 g/mol. The van der Waals surface area contributed by atoms with Crippen LogP contribution < -0.4 is 5.32 Å². The molecule has 3 rings (SSSR count). The highest BCUT2D eigenvalue weighted by Gasteiger charge is 2.22. The van der Waals surface area contributed by atoms with Crippen LogP contribution in [0.2, 0.25) is 0 Å². The van der Waals surface area contributed by atoms with Crippen molar-refractivity contribution in [1.82, 2.24) is 15.5 Å². The van der Waals surface area contributed by atoms with Gasteiger partial charge < -0.3 is 9.84 Å². The van der Waals surface area contributed by atoms with Crippen molar-refractivity contribution in [3.63, 3.8) is 0 Å². The fourth-order valence-corrected chi connectivity index (χ4v) is 2.01. The second-order valence-corrected chi connectivity index (χ2v) is 4.16. The molecule has 0 saturated carbocycles.